The van der Waals surface area contributed by atoms with Crippen LogP contribution in [-0.4, -0.2) is 39.7 Å². The molecule has 166 valence electrons. The Morgan fingerprint density at radius 1 is 1.13 bits per heavy atom. The van der Waals surface area contributed by atoms with Gasteiger partial charge in [-0.2, -0.15) is 10.2 Å². The van der Waals surface area contributed by atoms with Crippen molar-refractivity contribution in [3.63, 3.8) is 0 Å². The number of ether oxygens (including phenoxy) is 2. The van der Waals surface area contributed by atoms with E-state index in [9.17, 15) is 4.79 Å². The van der Waals surface area contributed by atoms with Crippen LogP contribution in [0, 0.1) is 19.8 Å². The van der Waals surface area contributed by atoms with Crippen LogP contribution in [0.5, 0.6) is 11.5 Å². The third-order valence-electron chi connectivity index (χ3n) is 5.20. The Bertz CT molecular complexity index is 1050. The van der Waals surface area contributed by atoms with Crippen LogP contribution < -0.4 is 14.8 Å². The third kappa shape index (κ3) is 5.07. The molecule has 3 rings (SSSR count). The average molecular weight is 426 g/mol. The van der Waals surface area contributed by atoms with Gasteiger partial charge < -0.3 is 14.8 Å². The molecule has 1 amide bonds. The van der Waals surface area contributed by atoms with Gasteiger partial charge in [-0.25, -0.2) is 4.68 Å². The molecule has 0 spiro atoms. The predicted octanol–water partition coefficient (Wildman–Crippen LogP) is 3.60. The Morgan fingerprint density at radius 2 is 1.90 bits per heavy atom. The Balaban J connectivity index is 1.74. The molecular weight excluding hydrogens is 394 g/mol. The maximum absolute atomic E-state index is 12.8. The molecule has 3 aromatic rings. The smallest absolute Gasteiger partial charge is 0.230 e. The Kier molecular flexibility index (Phi) is 6.99. The summed E-state index contributed by atoms with van der Waals surface area (Å²) in [7, 11) is 3.21. The van der Waals surface area contributed by atoms with Crippen molar-refractivity contribution in [1.82, 2.24) is 19.6 Å². The summed E-state index contributed by atoms with van der Waals surface area (Å²) < 4.78 is 14.6. The van der Waals surface area contributed by atoms with E-state index >= 15 is 0 Å². The van der Waals surface area contributed by atoms with Gasteiger partial charge in [0.1, 0.15) is 5.82 Å². The lowest BCUT2D eigenvalue weighted by molar-refractivity contribution is -0.115. The molecule has 0 fully saturated rings. The molecule has 0 saturated carbocycles. The molecule has 0 unspecified atom stereocenters. The van der Waals surface area contributed by atoms with Crippen molar-refractivity contribution in [2.45, 2.75) is 47.2 Å². The SMILES string of the molecule is COc1cccc(Cn2nccc2NC(=O)Cc2c(C)nn(CC(C)C)c2C)c1OC. The van der Waals surface area contributed by atoms with Gasteiger partial charge in [0.05, 0.1) is 39.1 Å². The van der Waals surface area contributed by atoms with Crippen LogP contribution in [0.1, 0.15) is 36.4 Å². The van der Waals surface area contributed by atoms with E-state index in [1.165, 1.54) is 0 Å². The summed E-state index contributed by atoms with van der Waals surface area (Å²) in [5.74, 6) is 2.32. The van der Waals surface area contributed by atoms with E-state index in [1.807, 2.05) is 36.7 Å². The van der Waals surface area contributed by atoms with Crippen molar-refractivity contribution >= 4 is 11.7 Å². The first-order chi connectivity index (χ1) is 14.8. The number of carbonyl (C=O) groups is 1. The summed E-state index contributed by atoms with van der Waals surface area (Å²) in [5, 5.41) is 11.9. The van der Waals surface area contributed by atoms with Gasteiger partial charge in [-0.1, -0.05) is 26.0 Å². The highest BCUT2D eigenvalue weighted by atomic mass is 16.5. The van der Waals surface area contributed by atoms with Gasteiger partial charge in [-0.3, -0.25) is 9.48 Å². The van der Waals surface area contributed by atoms with Gasteiger partial charge in [0.2, 0.25) is 5.91 Å². The fraction of sp³-hybridized carbons (Fsp3) is 0.435. The van der Waals surface area contributed by atoms with Crippen LogP contribution in [-0.2, 0) is 24.3 Å². The monoisotopic (exact) mass is 425 g/mol. The zero-order chi connectivity index (χ0) is 22.5. The highest BCUT2D eigenvalue weighted by Crippen LogP contribution is 2.31. The summed E-state index contributed by atoms with van der Waals surface area (Å²) >= 11 is 0. The number of aromatic nitrogens is 4. The molecule has 0 aliphatic rings. The topological polar surface area (TPSA) is 83.2 Å². The maximum Gasteiger partial charge on any atom is 0.230 e. The molecular formula is C23H31N5O3. The average Bonchev–Trinajstić information content (AvgIpc) is 3.26. The summed E-state index contributed by atoms with van der Waals surface area (Å²) in [6.07, 6.45) is 1.93. The van der Waals surface area contributed by atoms with Gasteiger partial charge in [0.25, 0.3) is 0 Å². The number of rotatable bonds is 9. The van der Waals surface area contributed by atoms with Crippen molar-refractivity contribution < 1.29 is 14.3 Å². The molecule has 0 atom stereocenters. The van der Waals surface area contributed by atoms with Crippen molar-refractivity contribution in [1.29, 1.82) is 0 Å². The van der Waals surface area contributed by atoms with Crippen molar-refractivity contribution in [3.8, 4) is 11.5 Å². The highest BCUT2D eigenvalue weighted by Gasteiger charge is 2.17. The predicted molar refractivity (Wildman–Crippen MR) is 120 cm³/mol. The second-order valence-corrected chi connectivity index (χ2v) is 7.98. The summed E-state index contributed by atoms with van der Waals surface area (Å²) in [5.41, 5.74) is 3.81. The number of amides is 1. The van der Waals surface area contributed by atoms with E-state index in [0.717, 1.165) is 29.1 Å². The first-order valence-corrected chi connectivity index (χ1v) is 10.4. The Hall–Kier alpha value is -3.29. The van der Waals surface area contributed by atoms with Crippen LogP contribution in [0.2, 0.25) is 0 Å². The van der Waals surface area contributed by atoms with Crippen LogP contribution in [0.15, 0.2) is 30.5 Å². The van der Waals surface area contributed by atoms with Gasteiger partial charge >= 0.3 is 0 Å². The third-order valence-corrected chi connectivity index (χ3v) is 5.20. The van der Waals surface area contributed by atoms with Gasteiger partial charge in [-0.05, 0) is 25.8 Å². The molecule has 1 N–H and O–H groups in total. The first kappa shape index (κ1) is 22.4. The number of hydrogen-bond donors (Lipinski definition) is 1. The fourth-order valence-corrected chi connectivity index (χ4v) is 3.67. The zero-order valence-electron chi connectivity index (χ0n) is 19.1. The molecule has 8 heteroatoms. The summed E-state index contributed by atoms with van der Waals surface area (Å²) in [6.45, 7) is 9.55. The summed E-state index contributed by atoms with van der Waals surface area (Å²) in [4.78, 5) is 12.8. The number of nitrogens with one attached hydrogen (secondary N) is 1. The lowest BCUT2D eigenvalue weighted by atomic mass is 10.1. The first-order valence-electron chi connectivity index (χ1n) is 10.4. The standard InChI is InChI=1S/C23H31N5O3/c1-15(2)13-27-17(4)19(16(3)26-27)12-22(29)25-21-10-11-24-28(21)14-18-8-7-9-20(30-5)23(18)31-6/h7-11,15H,12-14H2,1-6H3,(H,25,29). The molecule has 2 heterocycles. The minimum atomic E-state index is -0.102. The van der Waals surface area contributed by atoms with Gasteiger partial charge in [0.15, 0.2) is 11.5 Å². The minimum Gasteiger partial charge on any atom is -0.493 e. The molecule has 2 aromatic heterocycles. The van der Waals surface area contributed by atoms with Crippen molar-refractivity contribution in [2.24, 2.45) is 5.92 Å². The molecule has 0 radical (unpaired) electrons. The van der Waals surface area contributed by atoms with E-state index in [2.05, 4.69) is 29.4 Å². The Morgan fingerprint density at radius 3 is 2.58 bits per heavy atom. The molecule has 0 aliphatic carbocycles. The van der Waals surface area contributed by atoms with Crippen LogP contribution in [0.3, 0.4) is 0 Å². The number of benzene rings is 1. The normalized spacial score (nSPS) is 11.1. The van der Waals surface area contributed by atoms with Gasteiger partial charge in [0, 0.05) is 29.4 Å². The number of anilines is 1. The van der Waals surface area contributed by atoms with E-state index in [0.29, 0.717) is 29.8 Å². The number of hydrogen-bond acceptors (Lipinski definition) is 5. The molecule has 0 saturated heterocycles. The molecule has 8 nitrogen and oxygen atoms in total. The van der Waals surface area contributed by atoms with Gasteiger partial charge in [-0.15, -0.1) is 0 Å². The van der Waals surface area contributed by atoms with Crippen molar-refractivity contribution in [2.75, 3.05) is 19.5 Å². The maximum atomic E-state index is 12.8. The lowest BCUT2D eigenvalue weighted by Gasteiger charge is -2.14. The molecule has 1 aromatic carbocycles. The second-order valence-electron chi connectivity index (χ2n) is 7.98. The number of aryl methyl sites for hydroxylation is 1. The van der Waals surface area contributed by atoms with E-state index < -0.39 is 0 Å². The number of para-hydroxylation sites is 1. The Labute approximate surface area is 183 Å². The van der Waals surface area contributed by atoms with Crippen LogP contribution in [0.4, 0.5) is 5.82 Å². The van der Waals surface area contributed by atoms with E-state index in [4.69, 9.17) is 9.47 Å². The summed E-state index contributed by atoms with van der Waals surface area (Å²) in [6, 6.07) is 7.48. The molecule has 0 bridgehead atoms. The van der Waals surface area contributed by atoms with E-state index in [1.54, 1.807) is 31.2 Å². The largest absolute Gasteiger partial charge is 0.493 e. The van der Waals surface area contributed by atoms with E-state index in [-0.39, 0.29) is 12.3 Å². The molecule has 31 heavy (non-hydrogen) atoms. The number of nitrogens with zero attached hydrogens (tertiary/aromatic N) is 4. The quantitative estimate of drug-likeness (QED) is 0.566. The van der Waals surface area contributed by atoms with Crippen molar-refractivity contribution in [3.05, 3.63) is 53.0 Å². The minimum absolute atomic E-state index is 0.102. The second kappa shape index (κ2) is 9.68. The zero-order valence-corrected chi connectivity index (χ0v) is 19.1. The lowest BCUT2D eigenvalue weighted by Crippen LogP contribution is -2.19. The van der Waals surface area contributed by atoms with Crippen LogP contribution >= 0.6 is 0 Å². The van der Waals surface area contributed by atoms with Crippen LogP contribution in [0.25, 0.3) is 0 Å². The number of methoxy groups -OCH3 is 2. The highest BCUT2D eigenvalue weighted by molar-refractivity contribution is 5.91. The fourth-order valence-electron chi connectivity index (χ4n) is 3.67. The molecule has 0 aliphatic heterocycles. The number of carbonyl (C=O) groups excluding carboxylic acids is 1.